The predicted molar refractivity (Wildman–Crippen MR) is 41.2 cm³/mol. The van der Waals surface area contributed by atoms with Crippen molar-refractivity contribution in [3.05, 3.63) is 34.7 Å². The lowest BCUT2D eigenvalue weighted by molar-refractivity contribution is -0.296. The largest absolute Gasteiger partial charge is 0.541 e. The quantitative estimate of drug-likeness (QED) is 0.370. The molecule has 0 aliphatic carbocycles. The molecule has 0 atom stereocenters. The normalized spacial score (nSPS) is 9.23. The molecule has 0 spiro atoms. The first kappa shape index (κ1) is 9.05. The number of aliphatic carboxylic acids is 1. The third-order valence-corrected chi connectivity index (χ3v) is 1.43. The maximum Gasteiger partial charge on any atom is 0.210 e. The summed E-state index contributed by atoms with van der Waals surface area (Å²) in [4.78, 5) is 31.2. The zero-order chi connectivity index (χ0) is 9.84. The molecular weight excluding hydrogens is 174 g/mol. The molecule has 0 bridgehead atoms. The van der Waals surface area contributed by atoms with Crippen molar-refractivity contribution in [2.45, 2.75) is 0 Å². The number of hydrogen-bond donors (Lipinski definition) is 0. The van der Waals surface area contributed by atoms with Gasteiger partial charge in [0.25, 0.3) is 0 Å². The van der Waals surface area contributed by atoms with Gasteiger partial charge in [-0.05, 0) is 17.3 Å². The van der Waals surface area contributed by atoms with Crippen LogP contribution in [-0.2, 0) is 4.79 Å². The Morgan fingerprint density at radius 2 is 1.85 bits per heavy atom. The van der Waals surface area contributed by atoms with Crippen LogP contribution in [0.15, 0.2) is 29.4 Å². The number of nitroso groups, excluding NO2 is 1. The highest BCUT2D eigenvalue weighted by Gasteiger charge is 2.11. The van der Waals surface area contributed by atoms with Crippen LogP contribution in [0, 0.1) is 4.91 Å². The Labute approximate surface area is 73.0 Å². The van der Waals surface area contributed by atoms with Crippen molar-refractivity contribution in [3.63, 3.8) is 0 Å². The van der Waals surface area contributed by atoms with Gasteiger partial charge in [0.15, 0.2) is 0 Å². The van der Waals surface area contributed by atoms with Gasteiger partial charge >= 0.3 is 0 Å². The molecule has 0 aliphatic heterocycles. The van der Waals surface area contributed by atoms with E-state index < -0.39 is 11.8 Å². The van der Waals surface area contributed by atoms with Crippen molar-refractivity contribution in [2.24, 2.45) is 5.18 Å². The zero-order valence-corrected chi connectivity index (χ0v) is 6.39. The van der Waals surface area contributed by atoms with Crippen LogP contribution in [-0.4, -0.2) is 11.8 Å². The molecule has 0 radical (unpaired) electrons. The second-order valence-corrected chi connectivity index (χ2v) is 2.23. The van der Waals surface area contributed by atoms with Crippen LogP contribution in [0.5, 0.6) is 0 Å². The molecule has 5 nitrogen and oxygen atoms in total. The Bertz CT molecular complexity index is 372. The molecule has 13 heavy (non-hydrogen) atoms. The Hall–Kier alpha value is -2.04. The van der Waals surface area contributed by atoms with E-state index in [0.717, 1.165) is 0 Å². The van der Waals surface area contributed by atoms with Gasteiger partial charge in [-0.15, -0.1) is 4.91 Å². The molecule has 0 aromatic heterocycles. The van der Waals surface area contributed by atoms with Crippen molar-refractivity contribution in [1.29, 1.82) is 0 Å². The molecule has 0 aliphatic rings. The molecule has 0 unspecified atom stereocenters. The van der Waals surface area contributed by atoms with E-state index >= 15 is 0 Å². The second kappa shape index (κ2) is 3.57. The lowest BCUT2D eigenvalue weighted by Crippen LogP contribution is -2.31. The molecule has 5 heteroatoms. The van der Waals surface area contributed by atoms with Crippen LogP contribution in [0.1, 0.15) is 10.4 Å². The molecule has 1 aromatic carbocycles. The van der Waals surface area contributed by atoms with Crippen LogP contribution in [0.25, 0.3) is 0 Å². The average Bonchev–Trinajstić information content (AvgIpc) is 2.16. The first-order valence-corrected chi connectivity index (χ1v) is 3.35. The van der Waals surface area contributed by atoms with Crippen molar-refractivity contribution in [1.82, 2.24) is 0 Å². The van der Waals surface area contributed by atoms with Gasteiger partial charge in [-0.2, -0.15) is 0 Å². The minimum absolute atomic E-state index is 0.197. The Balaban J connectivity index is 3.20. The highest BCUT2D eigenvalue weighted by atomic mass is 16.4. The number of hydrogen-bond acceptors (Lipinski definition) is 5. The lowest BCUT2D eigenvalue weighted by atomic mass is 10.1. The molecule has 66 valence electrons. The fourth-order valence-corrected chi connectivity index (χ4v) is 0.855. The Kier molecular flexibility index (Phi) is 2.49. The van der Waals surface area contributed by atoms with Gasteiger partial charge in [0, 0.05) is 0 Å². The smallest absolute Gasteiger partial charge is 0.210 e. The maximum atomic E-state index is 10.9. The summed E-state index contributed by atoms with van der Waals surface area (Å²) in [5.74, 6) is -3.09. The SMILES string of the molecule is O=Nc1ccccc1C(=O)C(=O)[O-]. The molecular formula is C8H4NO4-. The third kappa shape index (κ3) is 1.76. The number of Topliss-reactive ketones (excluding diaryl/α,β-unsaturated/α-hetero) is 1. The van der Waals surface area contributed by atoms with Crippen molar-refractivity contribution in [3.8, 4) is 0 Å². The van der Waals surface area contributed by atoms with Gasteiger partial charge in [-0.1, -0.05) is 12.1 Å². The number of rotatable bonds is 3. The van der Waals surface area contributed by atoms with E-state index in [1.54, 1.807) is 0 Å². The summed E-state index contributed by atoms with van der Waals surface area (Å²) in [5.41, 5.74) is -0.450. The molecule has 1 rings (SSSR count). The number of carboxylic acid groups (broad SMARTS) is 1. The Morgan fingerprint density at radius 1 is 1.23 bits per heavy atom. The van der Waals surface area contributed by atoms with E-state index in [2.05, 4.69) is 5.18 Å². The summed E-state index contributed by atoms with van der Waals surface area (Å²) < 4.78 is 0. The van der Waals surface area contributed by atoms with E-state index in [-0.39, 0.29) is 11.3 Å². The van der Waals surface area contributed by atoms with E-state index in [9.17, 15) is 19.6 Å². The molecule has 1 aromatic rings. The van der Waals surface area contributed by atoms with Gasteiger partial charge < -0.3 is 9.90 Å². The third-order valence-electron chi connectivity index (χ3n) is 1.43. The van der Waals surface area contributed by atoms with Crippen molar-refractivity contribution in [2.75, 3.05) is 0 Å². The molecule has 0 amide bonds. The number of carbonyl (C=O) groups excluding carboxylic acids is 2. The van der Waals surface area contributed by atoms with Gasteiger partial charge in [-0.25, -0.2) is 0 Å². The molecule has 0 heterocycles. The van der Waals surface area contributed by atoms with Crippen LogP contribution in [0.3, 0.4) is 0 Å². The minimum Gasteiger partial charge on any atom is -0.541 e. The topological polar surface area (TPSA) is 86.6 Å². The first-order valence-electron chi connectivity index (χ1n) is 3.35. The summed E-state index contributed by atoms with van der Waals surface area (Å²) in [5, 5.41) is 12.7. The van der Waals surface area contributed by atoms with Gasteiger partial charge in [0.05, 0.1) is 5.56 Å². The van der Waals surface area contributed by atoms with E-state index in [1.165, 1.54) is 24.3 Å². The van der Waals surface area contributed by atoms with E-state index in [1.807, 2.05) is 0 Å². The minimum atomic E-state index is -1.85. The number of ketones is 1. The summed E-state index contributed by atoms with van der Waals surface area (Å²) in [7, 11) is 0. The predicted octanol–water partition coefficient (Wildman–Crippen LogP) is 0.0171. The van der Waals surface area contributed by atoms with E-state index in [4.69, 9.17) is 0 Å². The van der Waals surface area contributed by atoms with Crippen LogP contribution >= 0.6 is 0 Å². The van der Waals surface area contributed by atoms with Crippen molar-refractivity contribution >= 4 is 17.4 Å². The summed E-state index contributed by atoms with van der Waals surface area (Å²) in [6.07, 6.45) is 0. The zero-order valence-electron chi connectivity index (χ0n) is 6.39. The van der Waals surface area contributed by atoms with Crippen LogP contribution in [0.2, 0.25) is 0 Å². The second-order valence-electron chi connectivity index (χ2n) is 2.23. The van der Waals surface area contributed by atoms with Gasteiger partial charge in [0.1, 0.15) is 11.7 Å². The average molecular weight is 178 g/mol. The van der Waals surface area contributed by atoms with Crippen LogP contribution < -0.4 is 5.11 Å². The fraction of sp³-hybridized carbons (Fsp3) is 0. The first-order chi connectivity index (χ1) is 6.16. The lowest BCUT2D eigenvalue weighted by Gasteiger charge is -2.01. The molecule has 0 saturated carbocycles. The van der Waals surface area contributed by atoms with Crippen molar-refractivity contribution < 1.29 is 14.7 Å². The maximum absolute atomic E-state index is 10.9. The van der Waals surface area contributed by atoms with E-state index in [0.29, 0.717) is 0 Å². The highest BCUT2D eigenvalue weighted by Crippen LogP contribution is 2.17. The summed E-state index contributed by atoms with van der Waals surface area (Å²) in [6.45, 7) is 0. The fourth-order valence-electron chi connectivity index (χ4n) is 0.855. The highest BCUT2D eigenvalue weighted by molar-refractivity contribution is 6.40. The summed E-state index contributed by atoms with van der Waals surface area (Å²) in [6, 6.07) is 5.37. The standard InChI is InChI=1S/C8H5NO4/c10-7(8(11)12)5-3-1-2-4-6(5)9-13/h1-4H,(H,11,12)/p-1. The molecule has 0 fully saturated rings. The summed E-state index contributed by atoms with van der Waals surface area (Å²) >= 11 is 0. The molecule has 0 saturated heterocycles. The number of carboxylic acids is 1. The number of carbonyl (C=O) groups is 2. The van der Waals surface area contributed by atoms with Crippen LogP contribution in [0.4, 0.5) is 5.69 Å². The number of benzene rings is 1. The number of nitrogens with zero attached hydrogens (tertiary/aromatic N) is 1. The Morgan fingerprint density at radius 3 is 2.38 bits per heavy atom. The monoisotopic (exact) mass is 178 g/mol. The van der Waals surface area contributed by atoms with Gasteiger partial charge in [-0.3, -0.25) is 4.79 Å². The molecule has 0 N–H and O–H groups in total. The van der Waals surface area contributed by atoms with Gasteiger partial charge in [0.2, 0.25) is 5.78 Å².